The van der Waals surface area contributed by atoms with E-state index in [0.717, 1.165) is 20.9 Å². The van der Waals surface area contributed by atoms with Crippen LogP contribution in [0.1, 0.15) is 12.1 Å². The Bertz CT molecular complexity index is 789. The summed E-state index contributed by atoms with van der Waals surface area (Å²) in [7, 11) is 0. The van der Waals surface area contributed by atoms with Crippen LogP contribution in [0.2, 0.25) is 0 Å². The van der Waals surface area contributed by atoms with Crippen molar-refractivity contribution in [2.75, 3.05) is 5.32 Å². The zero-order chi connectivity index (χ0) is 16.1. The topological polar surface area (TPSA) is 67.8 Å². The van der Waals surface area contributed by atoms with Gasteiger partial charge in [-0.3, -0.25) is 9.78 Å². The summed E-state index contributed by atoms with van der Waals surface area (Å²) in [6.07, 6.45) is 6.12. The molecule has 0 aromatic carbocycles. The van der Waals surface area contributed by atoms with Crippen LogP contribution in [-0.4, -0.2) is 20.9 Å². The third-order valence-corrected chi connectivity index (χ3v) is 4.49. The van der Waals surface area contributed by atoms with Crippen molar-refractivity contribution in [2.24, 2.45) is 0 Å². The van der Waals surface area contributed by atoms with E-state index < -0.39 is 0 Å². The summed E-state index contributed by atoms with van der Waals surface area (Å²) < 4.78 is 0.737. The summed E-state index contributed by atoms with van der Waals surface area (Å²) in [6.45, 7) is 0. The molecular formula is C16H13BrN4OS. The first-order chi connectivity index (χ1) is 11.2. The van der Waals surface area contributed by atoms with Crippen molar-refractivity contribution in [3.05, 3.63) is 58.5 Å². The van der Waals surface area contributed by atoms with Crippen LogP contribution in [0.25, 0.3) is 10.6 Å². The number of halogens is 1. The van der Waals surface area contributed by atoms with Crippen LogP contribution in [0.15, 0.2) is 52.8 Å². The van der Waals surface area contributed by atoms with Crippen LogP contribution in [0.4, 0.5) is 5.69 Å². The molecule has 0 spiro atoms. The van der Waals surface area contributed by atoms with Crippen LogP contribution in [-0.2, 0) is 11.2 Å². The molecule has 0 saturated heterocycles. The number of nitrogens with one attached hydrogen (secondary N) is 1. The van der Waals surface area contributed by atoms with E-state index in [-0.39, 0.29) is 5.91 Å². The van der Waals surface area contributed by atoms with Crippen molar-refractivity contribution in [3.8, 4) is 10.6 Å². The van der Waals surface area contributed by atoms with Crippen molar-refractivity contribution in [2.45, 2.75) is 12.8 Å². The van der Waals surface area contributed by atoms with E-state index in [4.69, 9.17) is 0 Å². The number of aromatic nitrogens is 3. The fraction of sp³-hybridized carbons (Fsp3) is 0.125. The highest BCUT2D eigenvalue weighted by atomic mass is 79.9. The first-order valence-electron chi connectivity index (χ1n) is 6.97. The number of nitrogens with zero attached hydrogens (tertiary/aromatic N) is 3. The summed E-state index contributed by atoms with van der Waals surface area (Å²) >= 11 is 4.82. The van der Waals surface area contributed by atoms with Crippen LogP contribution in [0, 0.1) is 0 Å². The number of pyridine rings is 2. The minimum absolute atomic E-state index is 0.0509. The summed E-state index contributed by atoms with van der Waals surface area (Å²) in [4.78, 5) is 24.7. The fourth-order valence-electron chi connectivity index (χ4n) is 1.96. The molecular weight excluding hydrogens is 376 g/mol. The first kappa shape index (κ1) is 15.8. The lowest BCUT2D eigenvalue weighted by Crippen LogP contribution is -2.12. The van der Waals surface area contributed by atoms with Gasteiger partial charge in [-0.2, -0.15) is 0 Å². The van der Waals surface area contributed by atoms with E-state index in [9.17, 15) is 4.79 Å². The minimum Gasteiger partial charge on any atom is -0.325 e. The molecule has 0 radical (unpaired) electrons. The van der Waals surface area contributed by atoms with Gasteiger partial charge < -0.3 is 5.32 Å². The normalized spacial score (nSPS) is 10.5. The second kappa shape index (κ2) is 7.43. The lowest BCUT2D eigenvalue weighted by Gasteiger charge is -2.03. The second-order valence-electron chi connectivity index (χ2n) is 4.80. The largest absolute Gasteiger partial charge is 0.325 e. The molecule has 3 heterocycles. The van der Waals surface area contributed by atoms with E-state index in [1.807, 2.05) is 17.5 Å². The number of aryl methyl sites for hydroxylation is 1. The highest BCUT2D eigenvalue weighted by molar-refractivity contribution is 9.10. The molecule has 0 saturated carbocycles. The van der Waals surface area contributed by atoms with E-state index >= 15 is 0 Å². The van der Waals surface area contributed by atoms with Gasteiger partial charge in [0.25, 0.3) is 0 Å². The second-order valence-corrected chi connectivity index (χ2v) is 6.47. The Morgan fingerprint density at radius 3 is 2.91 bits per heavy atom. The fourth-order valence-corrected chi connectivity index (χ4v) is 3.04. The standard InChI is InChI=1S/C16H13BrN4OS/c17-14-5-3-12(9-19-14)20-15(22)6-4-13-10-23-16(21-13)11-2-1-7-18-8-11/h1-3,5,7-10H,4,6H2,(H,20,22). The Labute approximate surface area is 146 Å². The molecule has 0 bridgehead atoms. The maximum atomic E-state index is 12.0. The summed E-state index contributed by atoms with van der Waals surface area (Å²) in [5.74, 6) is -0.0509. The highest BCUT2D eigenvalue weighted by Crippen LogP contribution is 2.23. The SMILES string of the molecule is O=C(CCc1csc(-c2cccnc2)n1)Nc1ccc(Br)nc1. The Balaban J connectivity index is 1.55. The third kappa shape index (κ3) is 4.43. The molecule has 0 unspecified atom stereocenters. The molecule has 3 aromatic heterocycles. The smallest absolute Gasteiger partial charge is 0.224 e. The number of carbonyl (C=O) groups excluding carboxylic acids is 1. The highest BCUT2D eigenvalue weighted by Gasteiger charge is 2.08. The Kier molecular flexibility index (Phi) is 5.09. The summed E-state index contributed by atoms with van der Waals surface area (Å²) in [5.41, 5.74) is 2.60. The van der Waals surface area contributed by atoms with Gasteiger partial charge in [-0.15, -0.1) is 11.3 Å². The van der Waals surface area contributed by atoms with E-state index in [1.165, 1.54) is 0 Å². The predicted molar refractivity (Wildman–Crippen MR) is 94.2 cm³/mol. The quantitative estimate of drug-likeness (QED) is 0.672. The maximum absolute atomic E-state index is 12.0. The van der Waals surface area contributed by atoms with E-state index in [2.05, 4.69) is 36.2 Å². The van der Waals surface area contributed by atoms with Gasteiger partial charge in [-0.25, -0.2) is 9.97 Å². The number of anilines is 1. The van der Waals surface area contributed by atoms with Crippen LogP contribution < -0.4 is 5.32 Å². The lowest BCUT2D eigenvalue weighted by molar-refractivity contribution is -0.116. The zero-order valence-electron chi connectivity index (χ0n) is 12.1. The number of amides is 1. The minimum atomic E-state index is -0.0509. The molecule has 0 aliphatic heterocycles. The molecule has 0 aliphatic carbocycles. The van der Waals surface area contributed by atoms with Crippen LogP contribution in [0.3, 0.4) is 0 Å². The Morgan fingerprint density at radius 2 is 2.17 bits per heavy atom. The molecule has 7 heteroatoms. The number of hydrogen-bond donors (Lipinski definition) is 1. The zero-order valence-corrected chi connectivity index (χ0v) is 14.5. The van der Waals surface area contributed by atoms with Crippen LogP contribution >= 0.6 is 27.3 Å². The van der Waals surface area contributed by atoms with Gasteiger partial charge in [0.05, 0.1) is 17.6 Å². The van der Waals surface area contributed by atoms with Crippen molar-refractivity contribution in [1.82, 2.24) is 15.0 Å². The Hall–Kier alpha value is -2.12. The van der Waals surface area contributed by atoms with Crippen molar-refractivity contribution in [3.63, 3.8) is 0 Å². The van der Waals surface area contributed by atoms with Crippen molar-refractivity contribution < 1.29 is 4.79 Å². The monoisotopic (exact) mass is 388 g/mol. The summed E-state index contributed by atoms with van der Waals surface area (Å²) in [6, 6.07) is 7.45. The molecule has 1 N–H and O–H groups in total. The molecule has 3 rings (SSSR count). The van der Waals surface area contributed by atoms with Gasteiger partial charge in [0.1, 0.15) is 9.61 Å². The number of thiazole rings is 1. The molecule has 3 aromatic rings. The van der Waals surface area contributed by atoms with E-state index in [1.54, 1.807) is 42.1 Å². The lowest BCUT2D eigenvalue weighted by atomic mass is 10.2. The molecule has 116 valence electrons. The molecule has 0 aliphatic rings. The van der Waals surface area contributed by atoms with Gasteiger partial charge in [-0.1, -0.05) is 0 Å². The first-order valence-corrected chi connectivity index (χ1v) is 8.64. The number of rotatable bonds is 5. The van der Waals surface area contributed by atoms with Crippen LogP contribution in [0.5, 0.6) is 0 Å². The maximum Gasteiger partial charge on any atom is 0.224 e. The average molecular weight is 389 g/mol. The van der Waals surface area contributed by atoms with Gasteiger partial charge in [-0.05, 0) is 46.6 Å². The van der Waals surface area contributed by atoms with Crippen molar-refractivity contribution >= 4 is 38.9 Å². The molecule has 0 atom stereocenters. The molecule has 23 heavy (non-hydrogen) atoms. The predicted octanol–water partition coefficient (Wildman–Crippen LogP) is 3.93. The number of hydrogen-bond acceptors (Lipinski definition) is 5. The Morgan fingerprint density at radius 1 is 1.26 bits per heavy atom. The molecule has 5 nitrogen and oxygen atoms in total. The van der Waals surface area contributed by atoms with Gasteiger partial charge in [0.15, 0.2) is 0 Å². The van der Waals surface area contributed by atoms with E-state index in [0.29, 0.717) is 18.5 Å². The van der Waals surface area contributed by atoms with Gasteiger partial charge >= 0.3 is 0 Å². The van der Waals surface area contributed by atoms with Crippen molar-refractivity contribution in [1.29, 1.82) is 0 Å². The molecule has 1 amide bonds. The average Bonchev–Trinajstić information content (AvgIpc) is 3.05. The number of carbonyl (C=O) groups is 1. The molecule has 0 fully saturated rings. The van der Waals surface area contributed by atoms with Gasteiger partial charge in [0, 0.05) is 29.8 Å². The van der Waals surface area contributed by atoms with Gasteiger partial charge in [0.2, 0.25) is 5.91 Å². The third-order valence-electron chi connectivity index (χ3n) is 3.08. The summed E-state index contributed by atoms with van der Waals surface area (Å²) in [5, 5.41) is 5.73.